The highest BCUT2D eigenvalue weighted by Gasteiger charge is 2.08. The molecule has 0 unspecified atom stereocenters. The van der Waals surface area contributed by atoms with Crippen LogP contribution in [0.5, 0.6) is 0 Å². The smallest absolute Gasteiger partial charge is 0.328 e. The van der Waals surface area contributed by atoms with E-state index >= 15 is 0 Å². The highest BCUT2D eigenvalue weighted by Crippen LogP contribution is 2.28. The summed E-state index contributed by atoms with van der Waals surface area (Å²) in [6.45, 7) is -0.315. The van der Waals surface area contributed by atoms with Crippen LogP contribution in [0.3, 0.4) is 0 Å². The van der Waals surface area contributed by atoms with Crippen molar-refractivity contribution in [3.63, 3.8) is 0 Å². The lowest BCUT2D eigenvalue weighted by Gasteiger charge is -2.08. The molecular formula is C11H9Cl2NO4. The van der Waals surface area contributed by atoms with E-state index in [0.717, 1.165) is 6.08 Å². The summed E-state index contributed by atoms with van der Waals surface area (Å²) in [7, 11) is 0. The van der Waals surface area contributed by atoms with E-state index in [-0.39, 0.29) is 16.7 Å². The zero-order chi connectivity index (χ0) is 13.7. The Kier molecular flexibility index (Phi) is 5.15. The van der Waals surface area contributed by atoms with Gasteiger partial charge in [-0.05, 0) is 12.1 Å². The average Bonchev–Trinajstić information content (AvgIpc) is 2.26. The maximum Gasteiger partial charge on any atom is 0.328 e. The predicted octanol–water partition coefficient (Wildman–Crippen LogP) is 2.06. The van der Waals surface area contributed by atoms with E-state index < -0.39 is 11.9 Å². The van der Waals surface area contributed by atoms with Gasteiger partial charge in [-0.25, -0.2) is 4.79 Å². The summed E-state index contributed by atoms with van der Waals surface area (Å²) in [4.78, 5) is 21.5. The molecule has 96 valence electrons. The van der Waals surface area contributed by atoms with Gasteiger partial charge in [-0.2, -0.15) is 0 Å². The molecular weight excluding hydrogens is 281 g/mol. The number of rotatable bonds is 4. The maximum atomic E-state index is 11.3. The Morgan fingerprint density at radius 1 is 1.22 bits per heavy atom. The first-order chi connectivity index (χ1) is 8.43. The number of nitrogens with one attached hydrogen (secondary N) is 1. The average molecular weight is 290 g/mol. The fourth-order valence-electron chi connectivity index (χ4n) is 1.16. The van der Waals surface area contributed by atoms with Crippen molar-refractivity contribution in [3.05, 3.63) is 39.9 Å². The van der Waals surface area contributed by atoms with Crippen molar-refractivity contribution in [2.75, 3.05) is 5.32 Å². The van der Waals surface area contributed by atoms with E-state index in [1.165, 1.54) is 12.1 Å². The first-order valence-corrected chi connectivity index (χ1v) is 5.50. The molecule has 1 aromatic carbocycles. The van der Waals surface area contributed by atoms with Crippen molar-refractivity contribution in [1.82, 2.24) is 0 Å². The molecule has 1 amide bonds. The number of aliphatic hydroxyl groups excluding tert-OH is 1. The van der Waals surface area contributed by atoms with Crippen molar-refractivity contribution in [3.8, 4) is 0 Å². The Balaban J connectivity index is 2.86. The minimum atomic E-state index is -1.23. The molecule has 1 aromatic rings. The molecule has 0 atom stereocenters. The Hall–Kier alpha value is -1.56. The molecule has 18 heavy (non-hydrogen) atoms. The van der Waals surface area contributed by atoms with Crippen LogP contribution in [0.25, 0.3) is 0 Å². The predicted molar refractivity (Wildman–Crippen MR) is 67.8 cm³/mol. The largest absolute Gasteiger partial charge is 0.478 e. The van der Waals surface area contributed by atoms with Crippen LogP contribution < -0.4 is 5.32 Å². The minimum absolute atomic E-state index is 0.211. The third-order valence-corrected chi connectivity index (χ3v) is 2.62. The van der Waals surface area contributed by atoms with Crippen molar-refractivity contribution in [2.45, 2.75) is 6.61 Å². The van der Waals surface area contributed by atoms with E-state index in [2.05, 4.69) is 5.32 Å². The summed E-state index contributed by atoms with van der Waals surface area (Å²) in [5.41, 5.74) is 0.666. The zero-order valence-electron chi connectivity index (χ0n) is 8.98. The third-order valence-electron chi connectivity index (χ3n) is 1.94. The maximum absolute atomic E-state index is 11.3. The van der Waals surface area contributed by atoms with Gasteiger partial charge in [0.1, 0.15) is 0 Å². The number of carboxylic acids is 1. The Morgan fingerprint density at radius 2 is 1.78 bits per heavy atom. The van der Waals surface area contributed by atoms with E-state index in [1.54, 1.807) is 0 Å². The molecule has 0 spiro atoms. The van der Waals surface area contributed by atoms with Crippen molar-refractivity contribution >= 4 is 40.8 Å². The number of hydrogen-bond donors (Lipinski definition) is 3. The molecule has 5 nitrogen and oxygen atoms in total. The Bertz CT molecular complexity index is 491. The topological polar surface area (TPSA) is 86.6 Å². The first kappa shape index (κ1) is 14.5. The van der Waals surface area contributed by atoms with Gasteiger partial charge in [0.15, 0.2) is 0 Å². The van der Waals surface area contributed by atoms with Gasteiger partial charge in [-0.15, -0.1) is 0 Å². The van der Waals surface area contributed by atoms with Gasteiger partial charge in [0, 0.05) is 33.4 Å². The van der Waals surface area contributed by atoms with Crippen LogP contribution in [-0.4, -0.2) is 22.1 Å². The van der Waals surface area contributed by atoms with Crippen LogP contribution in [0.4, 0.5) is 5.69 Å². The summed E-state index contributed by atoms with van der Waals surface area (Å²) in [5.74, 6) is -1.85. The number of carboxylic acid groups (broad SMARTS) is 1. The van der Waals surface area contributed by atoms with E-state index in [4.69, 9.17) is 33.4 Å². The van der Waals surface area contributed by atoms with E-state index in [0.29, 0.717) is 17.3 Å². The molecule has 0 aliphatic carbocycles. The molecule has 1 rings (SSSR count). The molecule has 0 bridgehead atoms. The van der Waals surface area contributed by atoms with Gasteiger partial charge >= 0.3 is 5.97 Å². The molecule has 0 fully saturated rings. The van der Waals surface area contributed by atoms with Gasteiger partial charge in [0.05, 0.1) is 6.61 Å². The normalized spacial score (nSPS) is 10.6. The van der Waals surface area contributed by atoms with E-state index in [1.807, 2.05) is 0 Å². The molecule has 0 heterocycles. The van der Waals surface area contributed by atoms with E-state index in [9.17, 15) is 9.59 Å². The molecule has 0 aromatic heterocycles. The molecule has 0 radical (unpaired) electrons. The summed E-state index contributed by atoms with van der Waals surface area (Å²) in [5, 5.41) is 20.1. The lowest BCUT2D eigenvalue weighted by Crippen LogP contribution is -2.09. The zero-order valence-corrected chi connectivity index (χ0v) is 10.5. The molecule has 3 N–H and O–H groups in total. The van der Waals surface area contributed by atoms with Gasteiger partial charge < -0.3 is 15.5 Å². The summed E-state index contributed by atoms with van der Waals surface area (Å²) >= 11 is 11.7. The number of carbonyl (C=O) groups is 2. The van der Waals surface area contributed by atoms with Gasteiger partial charge in [-0.1, -0.05) is 23.2 Å². The second kappa shape index (κ2) is 6.39. The minimum Gasteiger partial charge on any atom is -0.478 e. The van der Waals surface area contributed by atoms with Crippen LogP contribution in [0.2, 0.25) is 10.0 Å². The molecule has 0 saturated heterocycles. The standard InChI is InChI=1S/C11H9Cl2NO4/c12-8-3-6(4-9(13)7(8)5-15)14-10(16)1-2-11(17)18/h1-4,15H,5H2,(H,14,16)(H,17,18)/b2-1+. The number of aliphatic hydroxyl groups is 1. The highest BCUT2D eigenvalue weighted by atomic mass is 35.5. The number of halogens is 2. The molecule has 0 saturated carbocycles. The third kappa shape index (κ3) is 4.03. The Labute approximate surface area is 113 Å². The fourth-order valence-corrected chi connectivity index (χ4v) is 1.76. The van der Waals surface area contributed by atoms with Crippen molar-refractivity contribution < 1.29 is 19.8 Å². The van der Waals surface area contributed by atoms with Crippen LogP contribution in [0.1, 0.15) is 5.56 Å². The van der Waals surface area contributed by atoms with Gasteiger partial charge in [-0.3, -0.25) is 4.79 Å². The quantitative estimate of drug-likeness (QED) is 0.741. The summed E-state index contributed by atoms with van der Waals surface area (Å²) in [6.07, 6.45) is 1.57. The van der Waals surface area contributed by atoms with Crippen LogP contribution >= 0.6 is 23.2 Å². The number of anilines is 1. The lowest BCUT2D eigenvalue weighted by atomic mass is 10.2. The number of benzene rings is 1. The van der Waals surface area contributed by atoms with Crippen LogP contribution in [0, 0.1) is 0 Å². The second-order valence-electron chi connectivity index (χ2n) is 3.24. The van der Waals surface area contributed by atoms with Gasteiger partial charge in [0.25, 0.3) is 0 Å². The van der Waals surface area contributed by atoms with Gasteiger partial charge in [0.2, 0.25) is 5.91 Å². The van der Waals surface area contributed by atoms with Crippen LogP contribution in [-0.2, 0) is 16.2 Å². The SMILES string of the molecule is O=C(O)/C=C/C(=O)Nc1cc(Cl)c(CO)c(Cl)c1. The first-order valence-electron chi connectivity index (χ1n) is 4.74. The molecule has 7 heteroatoms. The number of aliphatic carboxylic acids is 1. The Morgan fingerprint density at radius 3 is 2.22 bits per heavy atom. The number of amides is 1. The number of hydrogen-bond acceptors (Lipinski definition) is 3. The lowest BCUT2D eigenvalue weighted by molar-refractivity contribution is -0.131. The van der Waals surface area contributed by atoms with Crippen molar-refractivity contribution in [1.29, 1.82) is 0 Å². The fraction of sp³-hybridized carbons (Fsp3) is 0.0909. The summed E-state index contributed by atoms with van der Waals surface area (Å²) in [6, 6.07) is 2.82. The molecule has 0 aliphatic heterocycles. The number of carbonyl (C=O) groups excluding carboxylic acids is 1. The highest BCUT2D eigenvalue weighted by molar-refractivity contribution is 6.36. The molecule has 0 aliphatic rings. The summed E-state index contributed by atoms with van der Waals surface area (Å²) < 4.78 is 0. The second-order valence-corrected chi connectivity index (χ2v) is 4.05. The van der Waals surface area contributed by atoms with Crippen molar-refractivity contribution in [2.24, 2.45) is 0 Å². The monoisotopic (exact) mass is 289 g/mol. The van der Waals surface area contributed by atoms with Crippen LogP contribution in [0.15, 0.2) is 24.3 Å².